The molecule has 3 rings (SSSR count). The second kappa shape index (κ2) is 10.2. The van der Waals surface area contributed by atoms with E-state index in [1.165, 1.54) is 0 Å². The van der Waals surface area contributed by atoms with Gasteiger partial charge in [-0.15, -0.1) is 12.4 Å². The molecule has 0 aromatic heterocycles. The van der Waals surface area contributed by atoms with E-state index in [0.29, 0.717) is 0 Å². The fourth-order valence-electron chi connectivity index (χ4n) is 3.72. The lowest BCUT2D eigenvalue weighted by Crippen LogP contribution is -2.57. The highest BCUT2D eigenvalue weighted by Crippen LogP contribution is 2.41. The number of aliphatic imine (C=N–C) groups is 1. The van der Waals surface area contributed by atoms with Crippen LogP contribution in [-0.2, 0) is 10.9 Å². The molecule has 2 aliphatic heterocycles. The third-order valence-electron chi connectivity index (χ3n) is 5.03. The van der Waals surface area contributed by atoms with Crippen molar-refractivity contribution >= 4 is 42.1 Å². The number of nitrogens with zero attached hydrogens (tertiary/aromatic N) is 3. The number of rotatable bonds is 4. The second-order valence-corrected chi connectivity index (χ2v) is 8.87. The van der Waals surface area contributed by atoms with Gasteiger partial charge in [-0.1, -0.05) is 6.07 Å². The van der Waals surface area contributed by atoms with E-state index in [1.54, 1.807) is 27.7 Å². The molecule has 2 aliphatic rings. The van der Waals surface area contributed by atoms with Crippen molar-refractivity contribution in [1.82, 2.24) is 15.5 Å². The number of carbonyl (C=O) groups is 3. The van der Waals surface area contributed by atoms with E-state index in [9.17, 15) is 27.6 Å². The molecule has 0 aliphatic carbocycles. The number of hydrogen-bond donors (Lipinski definition) is 4. The normalized spacial score (nSPS) is 19.2. The number of carboxylic acid groups (broad SMARTS) is 1. The van der Waals surface area contributed by atoms with Crippen LogP contribution in [0.15, 0.2) is 35.2 Å². The molecule has 3 amide bonds. The van der Waals surface area contributed by atoms with Gasteiger partial charge in [0.1, 0.15) is 6.17 Å². The van der Waals surface area contributed by atoms with Crippen LogP contribution in [0.2, 0.25) is 0 Å². The molecule has 0 bridgehead atoms. The standard InChI is InChI=1S/C21H25F3N6O5.ClH/c1-10(2)27-16(31)11-6-5-7-12(21(22,23)24)14(11)30-15(25)13(35-19(33)34)8-26-17(30)29-9-20(3,4)28-18(29)32;/h5-8,10,15H,9,25H2,1-4H3,(H,27,31)(H,28,32)(H,33,34);1H. The number of nitrogens with one attached hydrogen (secondary N) is 2. The van der Waals surface area contributed by atoms with Gasteiger partial charge in [-0.2, -0.15) is 13.2 Å². The molecule has 0 spiro atoms. The Morgan fingerprint density at radius 2 is 1.97 bits per heavy atom. The van der Waals surface area contributed by atoms with E-state index in [2.05, 4.69) is 20.4 Å². The van der Waals surface area contributed by atoms with Crippen LogP contribution in [0, 0.1) is 0 Å². The van der Waals surface area contributed by atoms with Crippen LogP contribution in [0.1, 0.15) is 43.6 Å². The van der Waals surface area contributed by atoms with Crippen LogP contribution in [0.5, 0.6) is 0 Å². The van der Waals surface area contributed by atoms with Gasteiger partial charge in [-0.05, 0) is 39.8 Å². The number of halogens is 4. The maximum absolute atomic E-state index is 14.2. The molecule has 1 fully saturated rings. The summed E-state index contributed by atoms with van der Waals surface area (Å²) in [5.74, 6) is -1.69. The van der Waals surface area contributed by atoms with Crippen LogP contribution in [0.3, 0.4) is 0 Å². The molecule has 5 N–H and O–H groups in total. The smallest absolute Gasteiger partial charge is 0.449 e. The minimum Gasteiger partial charge on any atom is -0.449 e. The molecule has 1 unspecified atom stereocenters. The van der Waals surface area contributed by atoms with Gasteiger partial charge in [0.2, 0.25) is 5.96 Å². The Labute approximate surface area is 210 Å². The average molecular weight is 535 g/mol. The molecule has 198 valence electrons. The molecule has 0 radical (unpaired) electrons. The van der Waals surface area contributed by atoms with Gasteiger partial charge in [0.05, 0.1) is 35.1 Å². The summed E-state index contributed by atoms with van der Waals surface area (Å²) >= 11 is 0. The lowest BCUT2D eigenvalue weighted by Gasteiger charge is -2.39. The van der Waals surface area contributed by atoms with E-state index in [4.69, 9.17) is 10.8 Å². The third kappa shape index (κ3) is 5.82. The summed E-state index contributed by atoms with van der Waals surface area (Å²) in [5.41, 5.74) is 3.06. The van der Waals surface area contributed by atoms with E-state index < -0.39 is 64.6 Å². The number of urea groups is 1. The molecule has 36 heavy (non-hydrogen) atoms. The number of para-hydroxylation sites is 1. The van der Waals surface area contributed by atoms with Gasteiger partial charge in [0, 0.05) is 6.04 Å². The molecular weight excluding hydrogens is 509 g/mol. The number of nitrogens with two attached hydrogens (primary N) is 1. The van der Waals surface area contributed by atoms with Gasteiger partial charge < -0.3 is 26.2 Å². The summed E-state index contributed by atoms with van der Waals surface area (Å²) in [6, 6.07) is 1.89. The Morgan fingerprint density at radius 1 is 1.33 bits per heavy atom. The fourth-order valence-corrected chi connectivity index (χ4v) is 3.72. The molecule has 1 aromatic rings. The Bertz CT molecular complexity index is 1120. The van der Waals surface area contributed by atoms with Crippen molar-refractivity contribution < 1.29 is 37.4 Å². The van der Waals surface area contributed by atoms with E-state index in [1.807, 2.05) is 0 Å². The second-order valence-electron chi connectivity index (χ2n) is 8.87. The zero-order valence-corrected chi connectivity index (χ0v) is 20.5. The number of alkyl halides is 3. The number of benzene rings is 1. The van der Waals surface area contributed by atoms with Crippen LogP contribution in [0.25, 0.3) is 0 Å². The first-order chi connectivity index (χ1) is 16.1. The molecule has 11 nitrogen and oxygen atoms in total. The number of anilines is 1. The Kier molecular flexibility index (Phi) is 8.16. The first-order valence-electron chi connectivity index (χ1n) is 10.5. The SMILES string of the molecule is CC(C)NC(=O)c1cccc(C(F)(F)F)c1N1C(N2CC(C)(C)NC2=O)=NC=C(OC(=O)O)C1N.Cl. The first kappa shape index (κ1) is 28.7. The monoisotopic (exact) mass is 534 g/mol. The zero-order chi connectivity index (χ0) is 26.3. The lowest BCUT2D eigenvalue weighted by molar-refractivity contribution is -0.137. The van der Waals surface area contributed by atoms with Crippen molar-refractivity contribution in [3.63, 3.8) is 0 Å². The summed E-state index contributed by atoms with van der Waals surface area (Å²) in [5, 5.41) is 14.3. The Balaban J connectivity index is 0.00000456. The van der Waals surface area contributed by atoms with Gasteiger partial charge >= 0.3 is 18.4 Å². The summed E-state index contributed by atoms with van der Waals surface area (Å²) < 4.78 is 47.2. The minimum atomic E-state index is -4.95. The topological polar surface area (TPSA) is 150 Å². The summed E-state index contributed by atoms with van der Waals surface area (Å²) in [6.45, 7) is 6.64. The number of ether oxygens (including phenoxy) is 1. The highest BCUT2D eigenvalue weighted by Gasteiger charge is 2.46. The largest absolute Gasteiger partial charge is 0.511 e. The summed E-state index contributed by atoms with van der Waals surface area (Å²) in [7, 11) is 0. The Morgan fingerprint density at radius 3 is 2.47 bits per heavy atom. The van der Waals surface area contributed by atoms with E-state index in [-0.39, 0.29) is 24.9 Å². The molecular formula is C21H26ClF3N6O5. The molecule has 0 saturated carbocycles. The predicted octanol–water partition coefficient (Wildman–Crippen LogP) is 3.07. The minimum absolute atomic E-state index is 0. The van der Waals surface area contributed by atoms with Crippen LogP contribution in [0.4, 0.5) is 28.4 Å². The van der Waals surface area contributed by atoms with Crippen molar-refractivity contribution in [2.24, 2.45) is 10.7 Å². The fraction of sp³-hybridized carbons (Fsp3) is 0.429. The van der Waals surface area contributed by atoms with Gasteiger partial charge in [-0.25, -0.2) is 14.6 Å². The molecule has 1 atom stereocenters. The molecule has 2 heterocycles. The lowest BCUT2D eigenvalue weighted by atomic mass is 10.0. The highest BCUT2D eigenvalue weighted by atomic mass is 35.5. The van der Waals surface area contributed by atoms with E-state index in [0.717, 1.165) is 34.2 Å². The molecule has 1 saturated heterocycles. The molecule has 1 aromatic carbocycles. The first-order valence-corrected chi connectivity index (χ1v) is 10.5. The van der Waals surface area contributed by atoms with Crippen molar-refractivity contribution in [2.45, 2.75) is 51.6 Å². The maximum atomic E-state index is 14.2. The molecule has 15 heteroatoms. The zero-order valence-electron chi connectivity index (χ0n) is 19.7. The van der Waals surface area contributed by atoms with Crippen LogP contribution in [-0.4, -0.2) is 58.4 Å². The predicted molar refractivity (Wildman–Crippen MR) is 126 cm³/mol. The van der Waals surface area contributed by atoms with Crippen molar-refractivity contribution in [3.8, 4) is 0 Å². The van der Waals surface area contributed by atoms with Crippen molar-refractivity contribution in [3.05, 3.63) is 41.3 Å². The quantitative estimate of drug-likeness (QED) is 0.434. The van der Waals surface area contributed by atoms with Gasteiger partial charge in [0.25, 0.3) is 5.91 Å². The number of amides is 3. The summed E-state index contributed by atoms with van der Waals surface area (Å²) in [4.78, 5) is 42.7. The summed E-state index contributed by atoms with van der Waals surface area (Å²) in [6.07, 6.45) is -7.49. The third-order valence-corrected chi connectivity index (χ3v) is 5.03. The van der Waals surface area contributed by atoms with E-state index >= 15 is 0 Å². The van der Waals surface area contributed by atoms with Crippen LogP contribution < -0.4 is 21.3 Å². The van der Waals surface area contributed by atoms with Crippen LogP contribution >= 0.6 is 12.4 Å². The van der Waals surface area contributed by atoms with Gasteiger partial charge in [0.15, 0.2) is 5.76 Å². The number of carbonyl (C=O) groups excluding carboxylic acids is 2. The van der Waals surface area contributed by atoms with Gasteiger partial charge in [-0.3, -0.25) is 14.6 Å². The van der Waals surface area contributed by atoms with Crippen molar-refractivity contribution in [1.29, 1.82) is 0 Å². The number of guanidine groups is 1. The Hall–Kier alpha value is -3.52. The highest BCUT2D eigenvalue weighted by molar-refractivity contribution is 6.12. The van der Waals surface area contributed by atoms with Crippen molar-refractivity contribution in [2.75, 3.05) is 11.4 Å². The number of hydrogen-bond acceptors (Lipinski definition) is 7. The average Bonchev–Trinajstić information content (AvgIpc) is 2.99. The maximum Gasteiger partial charge on any atom is 0.511 e.